The minimum atomic E-state index is -4.29. The van der Waals surface area contributed by atoms with E-state index in [0.29, 0.717) is 26.0 Å². The van der Waals surface area contributed by atoms with Crippen LogP contribution in [0.5, 0.6) is 0 Å². The largest absolute Gasteiger partial charge is 0.416 e. The van der Waals surface area contributed by atoms with E-state index in [1.165, 1.54) is 0 Å². The third kappa shape index (κ3) is 4.10. The minimum absolute atomic E-state index is 0.238. The number of alkyl halides is 3. The van der Waals surface area contributed by atoms with Crippen molar-refractivity contribution >= 4 is 0 Å². The zero-order chi connectivity index (χ0) is 17.4. The summed E-state index contributed by atoms with van der Waals surface area (Å²) in [5.74, 6) is 0. The van der Waals surface area contributed by atoms with Gasteiger partial charge in [-0.1, -0.05) is 12.1 Å². The van der Waals surface area contributed by atoms with Gasteiger partial charge in [-0.3, -0.25) is 4.90 Å². The summed E-state index contributed by atoms with van der Waals surface area (Å²) >= 11 is 0. The number of benzene rings is 1. The van der Waals surface area contributed by atoms with Crippen LogP contribution in [0.25, 0.3) is 0 Å². The number of aliphatic hydroxyl groups is 1. The van der Waals surface area contributed by atoms with Crippen LogP contribution < -0.4 is 0 Å². The van der Waals surface area contributed by atoms with E-state index in [1.54, 1.807) is 12.1 Å². The molecule has 0 bridgehead atoms. The molecule has 6 heteroatoms. The summed E-state index contributed by atoms with van der Waals surface area (Å²) < 4.78 is 43.8. The lowest BCUT2D eigenvalue weighted by molar-refractivity contribution is -0.173. The van der Waals surface area contributed by atoms with E-state index in [-0.39, 0.29) is 5.60 Å². The Morgan fingerprint density at radius 2 is 1.75 bits per heavy atom. The van der Waals surface area contributed by atoms with Gasteiger partial charge in [-0.2, -0.15) is 13.2 Å². The molecular formula is C18H24F3NO2. The predicted molar refractivity (Wildman–Crippen MR) is 84.5 cm³/mol. The Kier molecular flexibility index (Phi) is 4.66. The summed E-state index contributed by atoms with van der Waals surface area (Å²) in [5, 5.41) is 10.3. The second-order valence-electron chi connectivity index (χ2n) is 7.43. The fourth-order valence-electron chi connectivity index (χ4n) is 3.82. The van der Waals surface area contributed by atoms with Crippen molar-refractivity contribution in [1.29, 1.82) is 0 Å². The fraction of sp³-hybridized carbons (Fsp3) is 0.667. The van der Waals surface area contributed by atoms with Crippen LogP contribution in [0, 0.1) is 0 Å². The summed E-state index contributed by atoms with van der Waals surface area (Å²) in [7, 11) is 0. The quantitative estimate of drug-likeness (QED) is 0.891. The highest BCUT2D eigenvalue weighted by Crippen LogP contribution is 2.39. The Morgan fingerprint density at radius 1 is 1.12 bits per heavy atom. The number of piperidine rings is 1. The van der Waals surface area contributed by atoms with Crippen LogP contribution >= 0.6 is 0 Å². The summed E-state index contributed by atoms with van der Waals surface area (Å²) in [6.45, 7) is 4.76. The molecule has 24 heavy (non-hydrogen) atoms. The average molecular weight is 343 g/mol. The molecule has 134 valence electrons. The van der Waals surface area contributed by atoms with Gasteiger partial charge in [-0.25, -0.2) is 0 Å². The molecule has 2 heterocycles. The monoisotopic (exact) mass is 343 g/mol. The van der Waals surface area contributed by atoms with Crippen molar-refractivity contribution < 1.29 is 23.0 Å². The van der Waals surface area contributed by atoms with Crippen molar-refractivity contribution in [2.75, 3.05) is 19.7 Å². The van der Waals surface area contributed by atoms with Crippen LogP contribution in [0.1, 0.15) is 43.7 Å². The maximum Gasteiger partial charge on any atom is 0.416 e. The van der Waals surface area contributed by atoms with Crippen molar-refractivity contribution in [2.24, 2.45) is 0 Å². The smallest absolute Gasteiger partial charge is 0.390 e. The topological polar surface area (TPSA) is 32.7 Å². The third-order valence-electron chi connectivity index (χ3n) is 5.21. The van der Waals surface area contributed by atoms with Gasteiger partial charge >= 0.3 is 6.18 Å². The van der Waals surface area contributed by atoms with Crippen LogP contribution in [0.15, 0.2) is 24.3 Å². The Hall–Kier alpha value is -1.11. The standard InChI is InChI=1S/C18H24F3NO2/c1-16(23)8-11-24-17(13-16)6-9-22(10-7-17)12-14-2-4-15(5-3-14)18(19,20)21/h2-5,23H,6-13H2,1H3. The molecule has 1 spiro atoms. The highest BCUT2D eigenvalue weighted by atomic mass is 19.4. The highest BCUT2D eigenvalue weighted by molar-refractivity contribution is 5.24. The molecule has 2 fully saturated rings. The van der Waals surface area contributed by atoms with Crippen molar-refractivity contribution in [3.05, 3.63) is 35.4 Å². The number of hydrogen-bond donors (Lipinski definition) is 1. The number of ether oxygens (including phenoxy) is 1. The Balaban J connectivity index is 1.56. The number of nitrogens with zero attached hydrogens (tertiary/aromatic N) is 1. The molecule has 0 aliphatic carbocycles. The summed E-state index contributed by atoms with van der Waals surface area (Å²) in [5.41, 5.74) is -0.621. The molecule has 0 aromatic heterocycles. The van der Waals surface area contributed by atoms with Crippen LogP contribution in [-0.4, -0.2) is 40.9 Å². The minimum Gasteiger partial charge on any atom is -0.390 e. The molecule has 1 atom stereocenters. The first-order valence-corrected chi connectivity index (χ1v) is 8.42. The zero-order valence-corrected chi connectivity index (χ0v) is 13.9. The number of hydrogen-bond acceptors (Lipinski definition) is 3. The molecule has 1 aromatic carbocycles. The van der Waals surface area contributed by atoms with Crippen molar-refractivity contribution in [1.82, 2.24) is 4.90 Å². The molecule has 1 unspecified atom stereocenters. The first-order chi connectivity index (χ1) is 11.2. The molecule has 3 nitrogen and oxygen atoms in total. The number of halogens is 3. The normalized spacial score (nSPS) is 28.2. The lowest BCUT2D eigenvalue weighted by atomic mass is 9.78. The highest BCUT2D eigenvalue weighted by Gasteiger charge is 2.44. The first kappa shape index (κ1) is 17.7. The maximum atomic E-state index is 12.6. The fourth-order valence-corrected chi connectivity index (χ4v) is 3.82. The molecule has 2 saturated heterocycles. The van der Waals surface area contributed by atoms with Crippen LogP contribution in [-0.2, 0) is 17.5 Å². The van der Waals surface area contributed by atoms with Crippen molar-refractivity contribution in [3.63, 3.8) is 0 Å². The Morgan fingerprint density at radius 3 is 2.29 bits per heavy atom. The van der Waals surface area contributed by atoms with Gasteiger partial charge in [0.05, 0.1) is 23.4 Å². The van der Waals surface area contributed by atoms with E-state index in [0.717, 1.165) is 43.6 Å². The molecule has 2 aliphatic rings. The second-order valence-corrected chi connectivity index (χ2v) is 7.43. The summed E-state index contributed by atoms with van der Waals surface area (Å²) in [4.78, 5) is 2.24. The van der Waals surface area contributed by atoms with Gasteiger partial charge in [0.2, 0.25) is 0 Å². The molecule has 2 aliphatic heterocycles. The summed E-state index contributed by atoms with van der Waals surface area (Å²) in [6.07, 6.45) is -1.25. The molecule has 0 saturated carbocycles. The van der Waals surface area contributed by atoms with Crippen LogP contribution in [0.2, 0.25) is 0 Å². The molecule has 3 rings (SSSR count). The van der Waals surface area contributed by atoms with Gasteiger partial charge in [-0.05, 0) is 43.9 Å². The van der Waals surface area contributed by atoms with E-state index in [1.807, 2.05) is 6.92 Å². The van der Waals surface area contributed by atoms with Gasteiger partial charge < -0.3 is 9.84 Å². The SMILES string of the molecule is CC1(O)CCOC2(CCN(Cc3ccc(C(F)(F)F)cc3)CC2)C1. The number of rotatable bonds is 2. The third-order valence-corrected chi connectivity index (χ3v) is 5.21. The lowest BCUT2D eigenvalue weighted by Crippen LogP contribution is -2.53. The van der Waals surface area contributed by atoms with Crippen molar-refractivity contribution in [3.8, 4) is 0 Å². The van der Waals surface area contributed by atoms with E-state index < -0.39 is 17.3 Å². The van der Waals surface area contributed by atoms with Gasteiger partial charge in [0.25, 0.3) is 0 Å². The van der Waals surface area contributed by atoms with Crippen LogP contribution in [0.4, 0.5) is 13.2 Å². The van der Waals surface area contributed by atoms with E-state index in [2.05, 4.69) is 4.90 Å². The van der Waals surface area contributed by atoms with E-state index >= 15 is 0 Å². The first-order valence-electron chi connectivity index (χ1n) is 8.42. The van der Waals surface area contributed by atoms with E-state index in [4.69, 9.17) is 4.74 Å². The molecule has 0 radical (unpaired) electrons. The van der Waals surface area contributed by atoms with Gasteiger partial charge in [0, 0.05) is 26.1 Å². The summed E-state index contributed by atoms with van der Waals surface area (Å²) in [6, 6.07) is 5.38. The van der Waals surface area contributed by atoms with Gasteiger partial charge in [0.15, 0.2) is 0 Å². The Labute approximate surface area is 140 Å². The van der Waals surface area contributed by atoms with E-state index in [9.17, 15) is 18.3 Å². The Bertz CT molecular complexity index is 561. The van der Waals surface area contributed by atoms with Gasteiger partial charge in [-0.15, -0.1) is 0 Å². The molecule has 0 amide bonds. The van der Waals surface area contributed by atoms with Crippen LogP contribution in [0.3, 0.4) is 0 Å². The van der Waals surface area contributed by atoms with Gasteiger partial charge in [0.1, 0.15) is 0 Å². The molecular weight excluding hydrogens is 319 g/mol. The zero-order valence-electron chi connectivity index (χ0n) is 13.9. The number of likely N-dealkylation sites (tertiary alicyclic amines) is 1. The lowest BCUT2D eigenvalue weighted by Gasteiger charge is -2.48. The average Bonchev–Trinajstić information content (AvgIpc) is 2.48. The second kappa shape index (κ2) is 6.32. The molecule has 1 aromatic rings. The maximum absolute atomic E-state index is 12.6. The molecule has 1 N–H and O–H groups in total. The predicted octanol–water partition coefficient (Wildman–Crippen LogP) is 3.60. The van der Waals surface area contributed by atoms with Crippen molar-refractivity contribution in [2.45, 2.75) is 56.5 Å².